The lowest BCUT2D eigenvalue weighted by Crippen LogP contribution is -2.54. The number of hydrogen-bond acceptors (Lipinski definition) is 6. The lowest BCUT2D eigenvalue weighted by molar-refractivity contribution is -0.119. The number of aromatic nitrogens is 2. The predicted molar refractivity (Wildman–Crippen MR) is 169 cm³/mol. The van der Waals surface area contributed by atoms with Crippen molar-refractivity contribution in [2.24, 2.45) is 0 Å². The van der Waals surface area contributed by atoms with Crippen LogP contribution in [0.2, 0.25) is 10.2 Å². The van der Waals surface area contributed by atoms with Crippen LogP contribution in [0.4, 0.5) is 5.82 Å². The van der Waals surface area contributed by atoms with E-state index in [-0.39, 0.29) is 29.7 Å². The normalized spacial score (nSPS) is 15.7. The van der Waals surface area contributed by atoms with E-state index in [2.05, 4.69) is 27.3 Å². The van der Waals surface area contributed by atoms with Crippen molar-refractivity contribution in [2.75, 3.05) is 30.3 Å². The Hall–Kier alpha value is -3.59. The molecule has 1 aliphatic rings. The summed E-state index contributed by atoms with van der Waals surface area (Å²) in [4.78, 5) is 39.1. The lowest BCUT2D eigenvalue weighted by atomic mass is 9.99. The standard InChI is InChI=1S/C32H31Cl2N5O2S/c1-22-20-38(16-17-39(22)31(41)25-12-14-26(33)15-13-25)29-19-28(34)36-32(37-29)42-21-30(40)35-27(24-10-6-3-7-11-24)18-23-8-4-2-5-9-23/h2-15,19,22,27H,16-18,20-21H2,1H3,(H,35,40). The number of benzene rings is 3. The van der Waals surface area contributed by atoms with E-state index in [9.17, 15) is 9.59 Å². The number of halogens is 2. The summed E-state index contributed by atoms with van der Waals surface area (Å²) in [7, 11) is 0. The maximum Gasteiger partial charge on any atom is 0.254 e. The summed E-state index contributed by atoms with van der Waals surface area (Å²) in [6.07, 6.45) is 0.684. The average molecular weight is 621 g/mol. The molecule has 5 rings (SSSR count). The topological polar surface area (TPSA) is 78.4 Å². The number of nitrogens with zero attached hydrogens (tertiary/aromatic N) is 4. The summed E-state index contributed by atoms with van der Waals surface area (Å²) in [5, 5.41) is 4.51. The van der Waals surface area contributed by atoms with Gasteiger partial charge in [0.15, 0.2) is 5.16 Å². The molecule has 2 unspecified atom stereocenters. The molecule has 1 aliphatic heterocycles. The van der Waals surface area contributed by atoms with Gasteiger partial charge in [0, 0.05) is 42.3 Å². The van der Waals surface area contributed by atoms with Crippen molar-refractivity contribution in [3.05, 3.63) is 118 Å². The van der Waals surface area contributed by atoms with Crippen molar-refractivity contribution in [1.82, 2.24) is 20.2 Å². The van der Waals surface area contributed by atoms with Crippen molar-refractivity contribution >= 4 is 52.6 Å². The monoisotopic (exact) mass is 619 g/mol. The van der Waals surface area contributed by atoms with Gasteiger partial charge in [-0.25, -0.2) is 9.97 Å². The van der Waals surface area contributed by atoms with Crippen molar-refractivity contribution < 1.29 is 9.59 Å². The largest absolute Gasteiger partial charge is 0.353 e. The van der Waals surface area contributed by atoms with Crippen LogP contribution in [-0.2, 0) is 11.2 Å². The number of rotatable bonds is 9. The van der Waals surface area contributed by atoms with Crippen molar-refractivity contribution in [1.29, 1.82) is 0 Å². The number of carbonyl (C=O) groups excluding carboxylic acids is 2. The molecule has 1 fully saturated rings. The van der Waals surface area contributed by atoms with E-state index in [1.165, 1.54) is 11.8 Å². The van der Waals surface area contributed by atoms with Gasteiger partial charge in [0.05, 0.1) is 11.8 Å². The highest BCUT2D eigenvalue weighted by atomic mass is 35.5. The second-order valence-corrected chi connectivity index (χ2v) is 11.9. The molecule has 2 atom stereocenters. The van der Waals surface area contributed by atoms with Crippen LogP contribution < -0.4 is 10.2 Å². The summed E-state index contributed by atoms with van der Waals surface area (Å²) >= 11 is 13.6. The van der Waals surface area contributed by atoms with Gasteiger partial charge in [0.1, 0.15) is 11.0 Å². The minimum Gasteiger partial charge on any atom is -0.353 e. The molecule has 0 aliphatic carbocycles. The number of nitrogens with one attached hydrogen (secondary N) is 1. The zero-order valence-electron chi connectivity index (χ0n) is 23.1. The summed E-state index contributed by atoms with van der Waals surface area (Å²) < 4.78 is 0. The number of amides is 2. The molecule has 0 spiro atoms. The fraction of sp³-hybridized carbons (Fsp3) is 0.250. The first-order chi connectivity index (χ1) is 20.4. The van der Waals surface area contributed by atoms with Crippen LogP contribution in [0.3, 0.4) is 0 Å². The van der Waals surface area contributed by atoms with Gasteiger partial charge in [-0.15, -0.1) is 0 Å². The Labute approximate surface area is 260 Å². The molecule has 2 amide bonds. The number of piperazine rings is 1. The van der Waals surface area contributed by atoms with E-state index in [0.717, 1.165) is 11.1 Å². The number of carbonyl (C=O) groups is 2. The third-order valence-corrected chi connectivity index (χ3v) is 8.41. The van der Waals surface area contributed by atoms with Gasteiger partial charge in [-0.05, 0) is 48.7 Å². The molecular weight excluding hydrogens is 589 g/mol. The highest BCUT2D eigenvalue weighted by molar-refractivity contribution is 7.99. The molecule has 1 aromatic heterocycles. The van der Waals surface area contributed by atoms with Gasteiger partial charge in [0.25, 0.3) is 5.91 Å². The van der Waals surface area contributed by atoms with Crippen molar-refractivity contribution in [3.63, 3.8) is 0 Å². The van der Waals surface area contributed by atoms with Gasteiger partial charge in [-0.1, -0.05) is 95.6 Å². The molecule has 3 aromatic carbocycles. The number of thioether (sulfide) groups is 1. The highest BCUT2D eigenvalue weighted by Gasteiger charge is 2.29. The van der Waals surface area contributed by atoms with Gasteiger partial charge < -0.3 is 15.1 Å². The van der Waals surface area contributed by atoms with E-state index >= 15 is 0 Å². The molecule has 0 radical (unpaired) electrons. The lowest BCUT2D eigenvalue weighted by Gasteiger charge is -2.40. The van der Waals surface area contributed by atoms with E-state index < -0.39 is 0 Å². The first-order valence-corrected chi connectivity index (χ1v) is 15.5. The fourth-order valence-electron chi connectivity index (χ4n) is 4.99. The Kier molecular flexibility index (Phi) is 10.00. The summed E-state index contributed by atoms with van der Waals surface area (Å²) in [5.74, 6) is 0.688. The summed E-state index contributed by atoms with van der Waals surface area (Å²) in [6.45, 7) is 3.74. The van der Waals surface area contributed by atoms with Crippen molar-refractivity contribution in [3.8, 4) is 0 Å². The molecule has 4 aromatic rings. The second kappa shape index (κ2) is 14.1. The summed E-state index contributed by atoms with van der Waals surface area (Å²) in [5.41, 5.74) is 2.80. The molecule has 1 N–H and O–H groups in total. The number of hydrogen-bond donors (Lipinski definition) is 1. The van der Waals surface area contributed by atoms with Crippen molar-refractivity contribution in [2.45, 2.75) is 30.6 Å². The predicted octanol–water partition coefficient (Wildman–Crippen LogP) is 6.33. The van der Waals surface area contributed by atoms with Crippen LogP contribution in [-0.4, -0.2) is 58.1 Å². The zero-order chi connectivity index (χ0) is 29.5. The number of anilines is 1. The molecule has 2 heterocycles. The fourth-order valence-corrected chi connectivity index (χ4v) is 6.01. The van der Waals surface area contributed by atoms with E-state index in [0.29, 0.717) is 52.8 Å². The zero-order valence-corrected chi connectivity index (χ0v) is 25.4. The maximum absolute atomic E-state index is 13.1. The molecular formula is C32H31Cl2N5O2S. The molecule has 42 heavy (non-hydrogen) atoms. The first kappa shape index (κ1) is 29.9. The Bertz CT molecular complexity index is 1510. The SMILES string of the molecule is CC1CN(c2cc(Cl)nc(SCC(=O)NC(Cc3ccccc3)c3ccccc3)n2)CCN1C(=O)c1ccc(Cl)cc1. The Morgan fingerprint density at radius 1 is 0.952 bits per heavy atom. The third-order valence-electron chi connectivity index (χ3n) is 7.12. The van der Waals surface area contributed by atoms with Crippen LogP contribution >= 0.6 is 35.0 Å². The van der Waals surface area contributed by atoms with Crippen LogP contribution in [0.25, 0.3) is 0 Å². The quantitative estimate of drug-likeness (QED) is 0.134. The Morgan fingerprint density at radius 2 is 1.64 bits per heavy atom. The Morgan fingerprint density at radius 3 is 2.33 bits per heavy atom. The summed E-state index contributed by atoms with van der Waals surface area (Å²) in [6, 6.07) is 28.5. The molecule has 0 bridgehead atoms. The van der Waals surface area contributed by atoms with Gasteiger partial charge in [-0.2, -0.15) is 0 Å². The van der Waals surface area contributed by atoms with Gasteiger partial charge in [0.2, 0.25) is 5.91 Å². The van der Waals surface area contributed by atoms with Gasteiger partial charge >= 0.3 is 0 Å². The maximum atomic E-state index is 13.1. The van der Waals surface area contributed by atoms with Crippen LogP contribution in [0.5, 0.6) is 0 Å². The van der Waals surface area contributed by atoms with Crippen LogP contribution in [0, 0.1) is 0 Å². The van der Waals surface area contributed by atoms with Crippen LogP contribution in [0.15, 0.2) is 96.2 Å². The second-order valence-electron chi connectivity index (χ2n) is 10.1. The minimum absolute atomic E-state index is 0.0251. The minimum atomic E-state index is -0.161. The molecule has 0 saturated carbocycles. The van der Waals surface area contributed by atoms with E-state index in [1.807, 2.05) is 60.4 Å². The first-order valence-electron chi connectivity index (χ1n) is 13.7. The smallest absolute Gasteiger partial charge is 0.254 e. The molecule has 1 saturated heterocycles. The Balaban J connectivity index is 1.20. The third kappa shape index (κ3) is 7.82. The van der Waals surface area contributed by atoms with Crippen LogP contribution in [0.1, 0.15) is 34.5 Å². The van der Waals surface area contributed by atoms with Gasteiger partial charge in [-0.3, -0.25) is 9.59 Å². The van der Waals surface area contributed by atoms with E-state index in [4.69, 9.17) is 28.2 Å². The average Bonchev–Trinajstić information content (AvgIpc) is 3.00. The molecule has 10 heteroatoms. The van der Waals surface area contributed by atoms with E-state index in [1.54, 1.807) is 30.3 Å². The highest BCUT2D eigenvalue weighted by Crippen LogP contribution is 2.25. The molecule has 7 nitrogen and oxygen atoms in total. The molecule has 216 valence electrons.